The quantitative estimate of drug-likeness (QED) is 0.778. The fourth-order valence-electron chi connectivity index (χ4n) is 2.70. The van der Waals surface area contributed by atoms with Crippen LogP contribution in [0.5, 0.6) is 5.75 Å². The topological polar surface area (TPSA) is 32.8 Å². The van der Waals surface area contributed by atoms with Crippen LogP contribution in [0.25, 0.3) is 0 Å². The molecule has 0 atom stereocenters. The highest BCUT2D eigenvalue weighted by Crippen LogP contribution is 2.23. The number of hydrogen-bond acceptors (Lipinski definition) is 4. The number of benzene rings is 1. The van der Waals surface area contributed by atoms with Gasteiger partial charge in [0.25, 0.3) is 0 Å². The van der Waals surface area contributed by atoms with Crippen molar-refractivity contribution in [1.82, 2.24) is 9.80 Å². The number of hydrogen-bond donors (Lipinski definition) is 0. The molecule has 4 nitrogen and oxygen atoms in total. The lowest BCUT2D eigenvalue weighted by molar-refractivity contribution is 0.0875. The highest BCUT2D eigenvalue weighted by atomic mass is 16.5. The highest BCUT2D eigenvalue weighted by Gasteiger charge is 2.19. The molecule has 2 rings (SSSR count). The Labute approximate surface area is 127 Å². The van der Waals surface area contributed by atoms with Gasteiger partial charge in [0.1, 0.15) is 5.75 Å². The van der Waals surface area contributed by atoms with E-state index in [-0.39, 0.29) is 5.78 Å². The summed E-state index contributed by atoms with van der Waals surface area (Å²) < 4.78 is 5.59. The van der Waals surface area contributed by atoms with Crippen molar-refractivity contribution in [2.45, 2.75) is 20.8 Å². The number of aryl methyl sites for hydroxylation is 2. The molecule has 21 heavy (non-hydrogen) atoms. The molecule has 1 aliphatic rings. The lowest BCUT2D eigenvalue weighted by Crippen LogP contribution is -2.46. The second-order valence-corrected chi connectivity index (χ2v) is 5.87. The van der Waals surface area contributed by atoms with E-state index in [9.17, 15) is 4.79 Å². The molecule has 0 amide bonds. The van der Waals surface area contributed by atoms with Crippen LogP contribution in [0.2, 0.25) is 0 Å². The van der Waals surface area contributed by atoms with Crippen molar-refractivity contribution in [2.75, 3.05) is 46.4 Å². The fourth-order valence-corrected chi connectivity index (χ4v) is 2.70. The number of ketones is 1. The van der Waals surface area contributed by atoms with Gasteiger partial charge in [-0.3, -0.25) is 9.69 Å². The number of likely N-dealkylation sites (N-methyl/N-ethyl adjacent to an activating group) is 1. The van der Waals surface area contributed by atoms with Crippen LogP contribution in [0.3, 0.4) is 0 Å². The standard InChI is InChI=1S/C17H26N2O2/c1-5-21-17-11-13(2)15(10-14(17)3)16(20)12-19-8-6-18(4)7-9-19/h10-11H,5-9,12H2,1-4H3. The van der Waals surface area contributed by atoms with E-state index in [1.165, 1.54) is 0 Å². The molecule has 0 aliphatic carbocycles. The molecule has 116 valence electrons. The van der Waals surface area contributed by atoms with Gasteiger partial charge in [-0.15, -0.1) is 0 Å². The number of rotatable bonds is 5. The molecule has 0 radical (unpaired) electrons. The Bertz CT molecular complexity index is 506. The minimum atomic E-state index is 0.211. The first-order valence-electron chi connectivity index (χ1n) is 7.69. The first-order chi connectivity index (χ1) is 10.0. The largest absolute Gasteiger partial charge is 0.494 e. The summed E-state index contributed by atoms with van der Waals surface area (Å²) in [5.74, 6) is 1.09. The molecule has 4 heteroatoms. The molecule has 0 N–H and O–H groups in total. The zero-order valence-corrected chi connectivity index (χ0v) is 13.6. The third kappa shape index (κ3) is 4.05. The number of ether oxygens (including phenoxy) is 1. The van der Waals surface area contributed by atoms with Crippen molar-refractivity contribution >= 4 is 5.78 Å². The van der Waals surface area contributed by atoms with Gasteiger partial charge in [-0.25, -0.2) is 0 Å². The van der Waals surface area contributed by atoms with E-state index in [2.05, 4.69) is 16.8 Å². The van der Waals surface area contributed by atoms with Crippen LogP contribution in [-0.4, -0.2) is 62.0 Å². The molecule has 1 saturated heterocycles. The number of nitrogens with zero attached hydrogens (tertiary/aromatic N) is 2. The first-order valence-corrected chi connectivity index (χ1v) is 7.69. The molecule has 1 fully saturated rings. The zero-order valence-electron chi connectivity index (χ0n) is 13.6. The molecule has 1 heterocycles. The molecule has 1 aromatic rings. The first kappa shape index (κ1) is 16.0. The molecule has 0 spiro atoms. The van der Waals surface area contributed by atoms with Crippen LogP contribution in [0.4, 0.5) is 0 Å². The van der Waals surface area contributed by atoms with Crippen LogP contribution < -0.4 is 4.74 Å². The van der Waals surface area contributed by atoms with E-state index in [0.717, 1.165) is 48.6 Å². The summed E-state index contributed by atoms with van der Waals surface area (Å²) in [6.07, 6.45) is 0. The third-order valence-corrected chi connectivity index (χ3v) is 4.09. The molecule has 0 aromatic heterocycles. The smallest absolute Gasteiger partial charge is 0.177 e. The third-order valence-electron chi connectivity index (χ3n) is 4.09. The molecular weight excluding hydrogens is 264 g/mol. The fraction of sp³-hybridized carbons (Fsp3) is 0.588. The van der Waals surface area contributed by atoms with Crippen molar-refractivity contribution in [2.24, 2.45) is 0 Å². The Morgan fingerprint density at radius 2 is 1.81 bits per heavy atom. The Morgan fingerprint density at radius 1 is 1.14 bits per heavy atom. The summed E-state index contributed by atoms with van der Waals surface area (Å²) in [5, 5.41) is 0. The maximum absolute atomic E-state index is 12.5. The van der Waals surface area contributed by atoms with Gasteiger partial charge in [-0.1, -0.05) is 0 Å². The second kappa shape index (κ2) is 7.05. The SMILES string of the molecule is CCOc1cc(C)c(C(=O)CN2CCN(C)CC2)cc1C. The van der Waals surface area contributed by atoms with Crippen LogP contribution in [0.1, 0.15) is 28.4 Å². The average molecular weight is 290 g/mol. The van der Waals surface area contributed by atoms with E-state index in [4.69, 9.17) is 4.74 Å². The van der Waals surface area contributed by atoms with Gasteiger partial charge in [0.2, 0.25) is 0 Å². The van der Waals surface area contributed by atoms with E-state index in [1.54, 1.807) is 0 Å². The predicted molar refractivity (Wildman–Crippen MR) is 85.4 cm³/mol. The van der Waals surface area contributed by atoms with Crippen molar-refractivity contribution in [1.29, 1.82) is 0 Å². The number of carbonyl (C=O) groups is 1. The average Bonchev–Trinajstić information content (AvgIpc) is 2.45. The summed E-state index contributed by atoms with van der Waals surface area (Å²) in [7, 11) is 2.12. The second-order valence-electron chi connectivity index (χ2n) is 5.87. The van der Waals surface area contributed by atoms with Gasteiger partial charge in [0, 0.05) is 31.7 Å². The Kier molecular flexibility index (Phi) is 5.37. The Morgan fingerprint density at radius 3 is 2.43 bits per heavy atom. The summed E-state index contributed by atoms with van der Waals surface area (Å²) in [6, 6.07) is 3.95. The number of carbonyl (C=O) groups excluding carboxylic acids is 1. The van der Waals surface area contributed by atoms with Gasteiger partial charge in [-0.05, 0) is 51.1 Å². The summed E-state index contributed by atoms with van der Waals surface area (Å²) in [4.78, 5) is 17.1. The number of piperazine rings is 1. The lowest BCUT2D eigenvalue weighted by atomic mass is 10.0. The van der Waals surface area contributed by atoms with Crippen LogP contribution in [0.15, 0.2) is 12.1 Å². The van der Waals surface area contributed by atoms with Crippen LogP contribution in [-0.2, 0) is 0 Å². The predicted octanol–water partition coefficient (Wildman–Crippen LogP) is 2.13. The number of Topliss-reactive ketones (excluding diaryl/α,β-unsaturated/α-hetero) is 1. The summed E-state index contributed by atoms with van der Waals surface area (Å²) >= 11 is 0. The zero-order chi connectivity index (χ0) is 15.4. The van der Waals surface area contributed by atoms with Gasteiger partial charge in [-0.2, -0.15) is 0 Å². The van der Waals surface area contributed by atoms with Crippen molar-refractivity contribution in [3.63, 3.8) is 0 Å². The minimum Gasteiger partial charge on any atom is -0.494 e. The summed E-state index contributed by atoms with van der Waals surface area (Å²) in [6.45, 7) is 11.1. The Balaban J connectivity index is 2.07. The minimum absolute atomic E-state index is 0.211. The molecule has 0 bridgehead atoms. The lowest BCUT2D eigenvalue weighted by Gasteiger charge is -2.31. The molecular formula is C17H26N2O2. The van der Waals surface area contributed by atoms with Crippen molar-refractivity contribution in [3.05, 3.63) is 28.8 Å². The highest BCUT2D eigenvalue weighted by molar-refractivity contribution is 5.99. The normalized spacial score (nSPS) is 17.0. The van der Waals surface area contributed by atoms with E-state index < -0.39 is 0 Å². The van der Waals surface area contributed by atoms with E-state index in [1.807, 2.05) is 32.9 Å². The van der Waals surface area contributed by atoms with Crippen molar-refractivity contribution in [3.8, 4) is 5.75 Å². The van der Waals surface area contributed by atoms with E-state index >= 15 is 0 Å². The molecule has 1 aliphatic heterocycles. The maximum Gasteiger partial charge on any atom is 0.177 e. The van der Waals surface area contributed by atoms with Gasteiger partial charge >= 0.3 is 0 Å². The maximum atomic E-state index is 12.5. The molecule has 0 saturated carbocycles. The monoisotopic (exact) mass is 290 g/mol. The molecule has 1 aromatic carbocycles. The van der Waals surface area contributed by atoms with Crippen LogP contribution >= 0.6 is 0 Å². The van der Waals surface area contributed by atoms with E-state index in [0.29, 0.717) is 13.2 Å². The summed E-state index contributed by atoms with van der Waals surface area (Å²) in [5.41, 5.74) is 2.86. The van der Waals surface area contributed by atoms with Crippen LogP contribution in [0, 0.1) is 13.8 Å². The molecule has 0 unspecified atom stereocenters. The Hall–Kier alpha value is -1.39. The van der Waals surface area contributed by atoms with Crippen molar-refractivity contribution < 1.29 is 9.53 Å². The van der Waals surface area contributed by atoms with Gasteiger partial charge < -0.3 is 9.64 Å². The van der Waals surface area contributed by atoms with Gasteiger partial charge in [0.15, 0.2) is 5.78 Å². The van der Waals surface area contributed by atoms with Gasteiger partial charge in [0.05, 0.1) is 13.2 Å².